The number of hydrogen-bond acceptors (Lipinski definition) is 3. The van der Waals surface area contributed by atoms with E-state index in [1.54, 1.807) is 12.1 Å². The average molecular weight is 394 g/mol. The maximum atomic E-state index is 12.6. The molecule has 1 saturated heterocycles. The largest absolute Gasteiger partial charge is 0.360 e. The highest BCUT2D eigenvalue weighted by Gasteiger charge is 2.26. The molecule has 0 radical (unpaired) electrons. The molecule has 0 spiro atoms. The Labute approximate surface area is 171 Å². The Balaban J connectivity index is 1.31. The van der Waals surface area contributed by atoms with Gasteiger partial charge in [0.1, 0.15) is 0 Å². The fourth-order valence-corrected chi connectivity index (χ4v) is 3.86. The summed E-state index contributed by atoms with van der Waals surface area (Å²) in [5.41, 5.74) is 3.70. The summed E-state index contributed by atoms with van der Waals surface area (Å²) in [6.07, 6.45) is 2.08. The summed E-state index contributed by atoms with van der Waals surface area (Å²) in [6.45, 7) is 6.28. The highest BCUT2D eigenvalue weighted by atomic mass is 16.2. The first-order valence-corrected chi connectivity index (χ1v) is 10.4. The zero-order valence-electron chi connectivity index (χ0n) is 16.9. The Kier molecular flexibility index (Phi) is 5.81. The molecule has 1 saturated carbocycles. The number of piperazine rings is 1. The Morgan fingerprint density at radius 3 is 2.45 bits per heavy atom. The fourth-order valence-electron chi connectivity index (χ4n) is 3.86. The second-order valence-corrected chi connectivity index (χ2v) is 8.04. The molecule has 0 bridgehead atoms. The van der Waals surface area contributed by atoms with Crippen LogP contribution in [0.5, 0.6) is 0 Å². The summed E-state index contributed by atoms with van der Waals surface area (Å²) >= 11 is 0. The Morgan fingerprint density at radius 1 is 1.03 bits per heavy atom. The van der Waals surface area contributed by atoms with E-state index < -0.39 is 0 Å². The smallest absolute Gasteiger partial charge is 0.279 e. The highest BCUT2D eigenvalue weighted by Crippen LogP contribution is 2.21. The Bertz CT molecular complexity index is 886. The first-order chi connectivity index (χ1) is 14.1. The van der Waals surface area contributed by atoms with Crippen LogP contribution in [-0.4, -0.2) is 50.6 Å². The first kappa shape index (κ1) is 19.5. The van der Waals surface area contributed by atoms with Crippen LogP contribution in [0.1, 0.15) is 28.8 Å². The van der Waals surface area contributed by atoms with E-state index >= 15 is 0 Å². The van der Waals surface area contributed by atoms with Gasteiger partial charge in [-0.05, 0) is 43.5 Å². The third-order valence-corrected chi connectivity index (χ3v) is 5.70. The minimum absolute atomic E-state index is 0.0454. The van der Waals surface area contributed by atoms with Crippen molar-refractivity contribution in [1.29, 1.82) is 0 Å². The van der Waals surface area contributed by atoms with Gasteiger partial charge in [0.2, 0.25) is 0 Å². The molecule has 29 heavy (non-hydrogen) atoms. The molecule has 6 heteroatoms. The molecule has 0 aromatic heterocycles. The molecule has 3 N–H and O–H groups in total. The summed E-state index contributed by atoms with van der Waals surface area (Å²) in [4.78, 5) is 28.7. The number of carbonyl (C=O) groups is 2. The van der Waals surface area contributed by atoms with E-state index in [2.05, 4.69) is 46.7 Å². The Hall–Kier alpha value is -2.86. The molecular formula is C23H29N4O2+. The third kappa shape index (κ3) is 4.95. The first-order valence-electron chi connectivity index (χ1n) is 10.4. The number of quaternary nitrogens is 1. The molecule has 1 aliphatic heterocycles. The van der Waals surface area contributed by atoms with Crippen LogP contribution >= 0.6 is 0 Å². The predicted molar refractivity (Wildman–Crippen MR) is 115 cm³/mol. The van der Waals surface area contributed by atoms with E-state index in [1.807, 2.05) is 12.1 Å². The van der Waals surface area contributed by atoms with Crippen molar-refractivity contribution in [1.82, 2.24) is 5.32 Å². The topological polar surface area (TPSA) is 65.9 Å². The van der Waals surface area contributed by atoms with Crippen LogP contribution in [0, 0.1) is 6.92 Å². The van der Waals surface area contributed by atoms with Gasteiger partial charge in [0.25, 0.3) is 11.8 Å². The molecule has 152 valence electrons. The molecule has 2 fully saturated rings. The number of carbonyl (C=O) groups excluding carboxylic acids is 2. The summed E-state index contributed by atoms with van der Waals surface area (Å²) < 4.78 is 0. The van der Waals surface area contributed by atoms with Crippen LogP contribution in [-0.2, 0) is 4.79 Å². The van der Waals surface area contributed by atoms with Crippen molar-refractivity contribution in [3.05, 3.63) is 59.7 Å². The molecule has 2 aromatic rings. The molecule has 6 nitrogen and oxygen atoms in total. The van der Waals surface area contributed by atoms with Gasteiger partial charge in [-0.15, -0.1) is 0 Å². The number of amides is 2. The minimum atomic E-state index is -0.109. The van der Waals surface area contributed by atoms with E-state index in [9.17, 15) is 9.59 Å². The SMILES string of the molecule is Cc1ccccc1N1CC[NH+](CC(=O)Nc2ccccc2C(=O)NC2CC2)CC1. The van der Waals surface area contributed by atoms with Crippen molar-refractivity contribution in [2.45, 2.75) is 25.8 Å². The fraction of sp³-hybridized carbons (Fsp3) is 0.391. The maximum absolute atomic E-state index is 12.6. The number of aryl methyl sites for hydroxylation is 1. The van der Waals surface area contributed by atoms with Crippen LogP contribution in [0.3, 0.4) is 0 Å². The summed E-state index contributed by atoms with van der Waals surface area (Å²) in [6, 6.07) is 16.0. The maximum Gasteiger partial charge on any atom is 0.279 e. The van der Waals surface area contributed by atoms with Crippen LogP contribution in [0.4, 0.5) is 11.4 Å². The summed E-state index contributed by atoms with van der Waals surface area (Å²) in [5.74, 6) is -0.154. The van der Waals surface area contributed by atoms with Gasteiger partial charge in [0.05, 0.1) is 37.4 Å². The van der Waals surface area contributed by atoms with E-state index in [1.165, 1.54) is 16.2 Å². The van der Waals surface area contributed by atoms with Crippen molar-refractivity contribution in [3.8, 4) is 0 Å². The quantitative estimate of drug-likeness (QED) is 0.692. The van der Waals surface area contributed by atoms with E-state index in [0.29, 0.717) is 23.8 Å². The van der Waals surface area contributed by atoms with Crippen LogP contribution in [0.2, 0.25) is 0 Å². The number of anilines is 2. The summed E-state index contributed by atoms with van der Waals surface area (Å²) in [5, 5.41) is 5.94. The number of rotatable bonds is 6. The number of hydrogen-bond donors (Lipinski definition) is 3. The third-order valence-electron chi connectivity index (χ3n) is 5.70. The normalized spacial score (nSPS) is 17.1. The van der Waals surface area contributed by atoms with Crippen molar-refractivity contribution in [2.75, 3.05) is 42.9 Å². The van der Waals surface area contributed by atoms with Crippen molar-refractivity contribution < 1.29 is 14.5 Å². The molecule has 1 aliphatic carbocycles. The number of nitrogens with one attached hydrogen (secondary N) is 3. The molecule has 2 aromatic carbocycles. The van der Waals surface area contributed by atoms with Crippen molar-refractivity contribution >= 4 is 23.2 Å². The number of nitrogens with zero attached hydrogens (tertiary/aromatic N) is 1. The van der Waals surface area contributed by atoms with Gasteiger partial charge >= 0.3 is 0 Å². The van der Waals surface area contributed by atoms with Crippen LogP contribution < -0.4 is 20.4 Å². The molecule has 1 heterocycles. The van der Waals surface area contributed by atoms with Crippen molar-refractivity contribution in [2.24, 2.45) is 0 Å². The predicted octanol–water partition coefficient (Wildman–Crippen LogP) is 1.23. The second-order valence-electron chi connectivity index (χ2n) is 8.04. The Morgan fingerprint density at radius 2 is 1.72 bits per heavy atom. The highest BCUT2D eigenvalue weighted by molar-refractivity contribution is 6.04. The lowest BCUT2D eigenvalue weighted by Gasteiger charge is -2.34. The molecule has 2 aliphatic rings. The second kappa shape index (κ2) is 8.66. The van der Waals surface area contributed by atoms with E-state index in [4.69, 9.17) is 0 Å². The average Bonchev–Trinajstić information content (AvgIpc) is 3.53. The lowest BCUT2D eigenvalue weighted by molar-refractivity contribution is -0.892. The molecule has 0 atom stereocenters. The number of benzene rings is 2. The van der Waals surface area contributed by atoms with Gasteiger partial charge in [-0.2, -0.15) is 0 Å². The van der Waals surface area contributed by atoms with Crippen molar-refractivity contribution in [3.63, 3.8) is 0 Å². The lowest BCUT2D eigenvalue weighted by atomic mass is 10.1. The standard InChI is InChI=1S/C23H28N4O2/c1-17-6-2-5-9-21(17)27-14-12-26(13-15-27)16-22(28)25-20-8-4-3-7-19(20)23(29)24-18-10-11-18/h2-9,18H,10-16H2,1H3,(H,24,29)(H,25,28)/p+1. The van der Waals surface area contributed by atoms with Gasteiger partial charge in [-0.3, -0.25) is 9.59 Å². The van der Waals surface area contributed by atoms with Gasteiger partial charge in [-0.1, -0.05) is 30.3 Å². The van der Waals surface area contributed by atoms with E-state index in [0.717, 1.165) is 39.0 Å². The van der Waals surface area contributed by atoms with Gasteiger partial charge in [-0.25, -0.2) is 0 Å². The molecular weight excluding hydrogens is 364 g/mol. The van der Waals surface area contributed by atoms with Gasteiger partial charge in [0, 0.05) is 11.7 Å². The lowest BCUT2D eigenvalue weighted by Crippen LogP contribution is -3.15. The molecule has 2 amide bonds. The zero-order valence-corrected chi connectivity index (χ0v) is 16.9. The van der Waals surface area contributed by atoms with Gasteiger partial charge in [0.15, 0.2) is 6.54 Å². The summed E-state index contributed by atoms with van der Waals surface area (Å²) in [7, 11) is 0. The zero-order chi connectivity index (χ0) is 20.2. The van der Waals surface area contributed by atoms with Crippen LogP contribution in [0.25, 0.3) is 0 Å². The molecule has 4 rings (SSSR count). The number of para-hydroxylation sites is 2. The van der Waals surface area contributed by atoms with E-state index in [-0.39, 0.29) is 11.8 Å². The minimum Gasteiger partial charge on any atom is -0.360 e. The monoisotopic (exact) mass is 393 g/mol. The molecule has 0 unspecified atom stereocenters. The van der Waals surface area contributed by atoms with Gasteiger partial charge < -0.3 is 20.4 Å². The van der Waals surface area contributed by atoms with Crippen LogP contribution in [0.15, 0.2) is 48.5 Å².